The van der Waals surface area contributed by atoms with E-state index in [0.29, 0.717) is 125 Å². The van der Waals surface area contributed by atoms with Crippen LogP contribution < -0.4 is 34.9 Å². The van der Waals surface area contributed by atoms with Gasteiger partial charge in [0.25, 0.3) is 10.2 Å². The van der Waals surface area contributed by atoms with E-state index < -0.39 is 40.1 Å². The highest BCUT2D eigenvalue weighted by atomic mass is 32.2. The average molecular weight is 1520 g/mol. The van der Waals surface area contributed by atoms with Crippen LogP contribution in [0.2, 0.25) is 0 Å². The number of alkyl carbamates (subject to hydrolysis) is 1. The summed E-state index contributed by atoms with van der Waals surface area (Å²) >= 11 is 0. The Balaban J connectivity index is 0.000000174. The number of rotatable bonds is 28. The number of benzene rings is 3. The molecule has 7 N–H and O–H groups in total. The Bertz CT molecular complexity index is 4660. The number of carbonyl (C=O) groups is 5. The molecular weight excluding hydrogens is 1420 g/mol. The SMILES string of the molecule is COCc1nc(-c2nnn(C)c2CNC(=O)OCc2ccccc2)ccc1O[C@H]1CCC[C@H](C(=O)O)C1.Cc1nc(-c2nnn(C)c2CNC(=O)NCc2ccccc2)ccc1O[C@H]1CCC[C@H](C(=O)O)C1.Cc1nc(-c2nnn(C)c2CNS(=O)(=O)N(C)Cc2ccccc2)ccc1OC1CCC[C@H](C(=O)O)C1. The fourth-order valence-electron chi connectivity index (χ4n) is 13.0. The van der Waals surface area contributed by atoms with Crippen molar-refractivity contribution in [1.29, 1.82) is 0 Å². The minimum Gasteiger partial charge on any atom is -0.489 e. The maximum Gasteiger partial charge on any atom is 0.407 e. The predicted octanol–water partition coefficient (Wildman–Crippen LogP) is 9.35. The number of nitrogens with one attached hydrogen (secondary N) is 4. The largest absolute Gasteiger partial charge is 0.489 e. The number of carboxylic acids is 3. The first kappa shape index (κ1) is 80.3. The lowest BCUT2D eigenvalue weighted by molar-refractivity contribution is -0.144. The highest BCUT2D eigenvalue weighted by Crippen LogP contribution is 2.35. The number of ether oxygens (including phenoxy) is 5. The molecule has 0 spiro atoms. The zero-order valence-corrected chi connectivity index (χ0v) is 62.8. The second kappa shape index (κ2) is 38.5. The molecule has 32 nitrogen and oxygen atoms in total. The molecule has 6 aromatic heterocycles. The highest BCUT2D eigenvalue weighted by Gasteiger charge is 2.33. The van der Waals surface area contributed by atoms with Gasteiger partial charge in [-0.1, -0.05) is 107 Å². The Morgan fingerprint density at radius 1 is 0.486 bits per heavy atom. The van der Waals surface area contributed by atoms with Crippen LogP contribution >= 0.6 is 0 Å². The van der Waals surface area contributed by atoms with E-state index in [-0.39, 0.29) is 75.6 Å². The van der Waals surface area contributed by atoms with Crippen molar-refractivity contribution in [3.05, 3.63) is 178 Å². The van der Waals surface area contributed by atoms with Gasteiger partial charge in [0.05, 0.1) is 108 Å². The summed E-state index contributed by atoms with van der Waals surface area (Å²) in [6, 6.07) is 38.9. The zero-order valence-electron chi connectivity index (χ0n) is 62.0. The zero-order chi connectivity index (χ0) is 77.6. The van der Waals surface area contributed by atoms with Gasteiger partial charge >= 0.3 is 30.0 Å². The number of carbonyl (C=O) groups excluding carboxylic acids is 2. The number of methoxy groups -OCH3 is 1. The molecule has 6 atom stereocenters. The topological polar surface area (TPSA) is 408 Å². The molecule has 3 fully saturated rings. The summed E-state index contributed by atoms with van der Waals surface area (Å²) in [5.74, 6) is -1.70. The van der Waals surface area contributed by atoms with E-state index in [4.69, 9.17) is 28.7 Å². The van der Waals surface area contributed by atoms with Crippen LogP contribution in [0.5, 0.6) is 17.2 Å². The molecule has 3 aromatic carbocycles. The third-order valence-corrected chi connectivity index (χ3v) is 20.5. The fraction of sp³-hybridized carbons (Fsp3) is 0.421. The number of nitrogens with zero attached hydrogens (tertiary/aromatic N) is 13. The maximum absolute atomic E-state index is 12.8. The molecule has 3 aliphatic rings. The van der Waals surface area contributed by atoms with Crippen molar-refractivity contribution in [3.63, 3.8) is 0 Å². The van der Waals surface area contributed by atoms with Gasteiger partial charge in [0, 0.05) is 48.4 Å². The Kier molecular flexibility index (Phi) is 28.3. The van der Waals surface area contributed by atoms with Crippen LogP contribution in [0.3, 0.4) is 0 Å². The van der Waals surface area contributed by atoms with Gasteiger partial charge in [0.2, 0.25) is 0 Å². The fourth-order valence-corrected chi connectivity index (χ4v) is 13.9. The van der Waals surface area contributed by atoms with Crippen molar-refractivity contribution >= 4 is 40.2 Å². The Labute approximate surface area is 631 Å². The van der Waals surface area contributed by atoms with Gasteiger partial charge in [-0.25, -0.2) is 33.9 Å². The summed E-state index contributed by atoms with van der Waals surface area (Å²) in [7, 11) is 4.52. The van der Waals surface area contributed by atoms with E-state index in [1.807, 2.05) is 117 Å². The molecule has 578 valence electrons. The molecule has 3 saturated carbocycles. The van der Waals surface area contributed by atoms with Gasteiger partial charge in [0.1, 0.15) is 46.6 Å². The monoisotopic (exact) mass is 1520 g/mol. The second-order valence-corrected chi connectivity index (χ2v) is 28.9. The molecule has 1 unspecified atom stereocenters. The van der Waals surface area contributed by atoms with E-state index >= 15 is 0 Å². The number of pyridine rings is 3. The number of aromatic nitrogens is 12. The molecule has 6 heterocycles. The van der Waals surface area contributed by atoms with Gasteiger partial charge < -0.3 is 55.0 Å². The van der Waals surface area contributed by atoms with Gasteiger partial charge in [0.15, 0.2) is 0 Å². The molecule has 0 saturated heterocycles. The van der Waals surface area contributed by atoms with Gasteiger partial charge in [-0.05, 0) is 144 Å². The van der Waals surface area contributed by atoms with Crippen LogP contribution in [0.1, 0.15) is 128 Å². The number of aliphatic carboxylic acids is 3. The summed E-state index contributed by atoms with van der Waals surface area (Å²) in [6.07, 6.45) is 7.29. The Hall–Kier alpha value is -11.3. The predicted molar refractivity (Wildman–Crippen MR) is 398 cm³/mol. The highest BCUT2D eigenvalue weighted by molar-refractivity contribution is 7.87. The van der Waals surface area contributed by atoms with E-state index in [0.717, 1.165) is 60.9 Å². The number of aryl methyl sites for hydroxylation is 5. The van der Waals surface area contributed by atoms with Crippen LogP contribution in [0, 0.1) is 31.6 Å². The molecule has 0 radical (unpaired) electrons. The molecule has 109 heavy (non-hydrogen) atoms. The molecule has 0 aliphatic heterocycles. The van der Waals surface area contributed by atoms with Crippen molar-refractivity contribution < 1.29 is 71.4 Å². The number of amides is 3. The summed E-state index contributed by atoms with van der Waals surface area (Å²) in [6.45, 7) is 5.07. The van der Waals surface area contributed by atoms with E-state index in [2.05, 4.69) is 61.6 Å². The van der Waals surface area contributed by atoms with Crippen LogP contribution in [-0.2, 0) is 101 Å². The molecule has 3 aliphatic carbocycles. The minimum absolute atomic E-state index is 0.0159. The van der Waals surface area contributed by atoms with Crippen LogP contribution in [0.15, 0.2) is 127 Å². The summed E-state index contributed by atoms with van der Waals surface area (Å²) < 4.78 is 63.2. The van der Waals surface area contributed by atoms with Crippen molar-refractivity contribution in [1.82, 2.24) is 84.9 Å². The number of carboxylic acid groups (broad SMARTS) is 3. The summed E-state index contributed by atoms with van der Waals surface area (Å²) in [5.41, 5.74) is 9.88. The van der Waals surface area contributed by atoms with Crippen LogP contribution in [-0.4, -0.2) is 150 Å². The second-order valence-electron chi connectivity index (χ2n) is 27.0. The third-order valence-electron chi connectivity index (χ3n) is 19.1. The van der Waals surface area contributed by atoms with Gasteiger partial charge in [-0.2, -0.15) is 17.4 Å². The van der Waals surface area contributed by atoms with Crippen molar-refractivity contribution in [3.8, 4) is 51.4 Å². The molecule has 33 heteroatoms. The quantitative estimate of drug-likeness (QED) is 0.0240. The van der Waals surface area contributed by atoms with Crippen molar-refractivity contribution in [2.24, 2.45) is 38.9 Å². The molecule has 3 amide bonds. The van der Waals surface area contributed by atoms with Crippen molar-refractivity contribution in [2.45, 2.75) is 155 Å². The average Bonchev–Trinajstić information content (AvgIpc) is 1.71. The third kappa shape index (κ3) is 22.6. The maximum atomic E-state index is 12.8. The van der Waals surface area contributed by atoms with Crippen LogP contribution in [0.25, 0.3) is 34.2 Å². The molecule has 0 bridgehead atoms. The lowest BCUT2D eigenvalue weighted by atomic mass is 9.87. The van der Waals surface area contributed by atoms with Crippen LogP contribution in [0.4, 0.5) is 9.59 Å². The Morgan fingerprint density at radius 2 is 0.881 bits per heavy atom. The number of urea groups is 1. The number of hydrogen-bond acceptors (Lipinski definition) is 21. The van der Waals surface area contributed by atoms with E-state index in [1.54, 1.807) is 61.9 Å². The lowest BCUT2D eigenvalue weighted by Gasteiger charge is -2.28. The van der Waals surface area contributed by atoms with E-state index in [1.165, 1.54) is 16.0 Å². The summed E-state index contributed by atoms with van der Waals surface area (Å²) in [5, 5.41) is 61.4. The smallest absolute Gasteiger partial charge is 0.407 e. The van der Waals surface area contributed by atoms with Gasteiger partial charge in [-0.3, -0.25) is 19.1 Å². The van der Waals surface area contributed by atoms with E-state index in [9.17, 15) is 47.7 Å². The van der Waals surface area contributed by atoms with Gasteiger partial charge in [-0.15, -0.1) is 15.3 Å². The number of hydrogen-bond donors (Lipinski definition) is 7. The first-order valence-electron chi connectivity index (χ1n) is 36.0. The standard InChI is InChI=1S/C26H31N5O6.C25H32N6O5S.C25H30N6O4/c1-31-22(14-27-26(34)36-15-17-7-4-3-5-8-17)24(29-30-31)20-11-12-23(21(28-20)16-35-2)37-19-10-6-9-18(13-19)25(32)33;1-17-23(36-20-11-7-10-19(14-20)25(32)33)13-12-21(27-17)24-22(31(3)29-28-24)15-26-37(34,35)30(2)16-18-8-5-4-6-9-18;1-16-22(35-19-10-6-9-18(13-19)24(32)33)12-11-20(28-16)23-21(31(2)30-29-23)15-27-25(34)26-14-17-7-4-3-5-8-17/h3-5,7-8,11-12,18-19H,6,9-10,13-16H2,1-2H3,(H,27,34)(H,32,33);4-6,8-9,12-13,19-20,26H,7,10-11,14-16H2,1-3H3,(H,32,33);3-5,7-8,11-12,18-19H,6,9-10,13-15H2,1-2H3,(H,32,33)(H2,26,27,34)/t18-,19-;19-,20?;18-,19-/m000/s1. The first-order valence-corrected chi connectivity index (χ1v) is 37.5. The first-order chi connectivity index (χ1) is 52.5. The molecule has 9 aromatic rings. The lowest BCUT2D eigenvalue weighted by Crippen LogP contribution is -2.37. The molecule has 12 rings (SSSR count). The summed E-state index contributed by atoms with van der Waals surface area (Å²) in [4.78, 5) is 72.6. The normalized spacial score (nSPS) is 17.7. The van der Waals surface area contributed by atoms with Crippen molar-refractivity contribution in [2.75, 3.05) is 14.2 Å². The Morgan fingerprint density at radius 3 is 1.32 bits per heavy atom. The minimum atomic E-state index is -3.76. The molecular formula is C76H93N17O15S.